The molecule has 3 rings (SSSR count). The van der Waals surface area contributed by atoms with E-state index in [1.165, 1.54) is 21.2 Å². The van der Waals surface area contributed by atoms with Gasteiger partial charge >= 0.3 is 5.69 Å². The Bertz CT molecular complexity index is 1330. The lowest BCUT2D eigenvalue weighted by atomic mass is 10.3. The molecule has 33 heavy (non-hydrogen) atoms. The minimum absolute atomic E-state index is 0.0758. The third-order valence-corrected chi connectivity index (χ3v) is 5.83. The number of rotatable bonds is 6. The van der Waals surface area contributed by atoms with Crippen molar-refractivity contribution in [1.82, 2.24) is 9.13 Å². The number of nitrogens with zero attached hydrogens (tertiary/aromatic N) is 3. The molecule has 0 atom stereocenters. The third-order valence-electron chi connectivity index (χ3n) is 4.60. The largest absolute Gasteiger partial charge is 0.497 e. The van der Waals surface area contributed by atoms with Crippen molar-refractivity contribution in [3.63, 3.8) is 0 Å². The van der Waals surface area contributed by atoms with Crippen molar-refractivity contribution in [2.45, 2.75) is 0 Å². The molecule has 1 aromatic heterocycles. The Labute approximate surface area is 198 Å². The van der Waals surface area contributed by atoms with Crippen LogP contribution in [0.4, 0.5) is 11.4 Å². The minimum Gasteiger partial charge on any atom is -0.497 e. The summed E-state index contributed by atoms with van der Waals surface area (Å²) in [6, 6.07) is 13.4. The second-order valence-electron chi connectivity index (χ2n) is 6.87. The first-order chi connectivity index (χ1) is 15.7. The van der Waals surface area contributed by atoms with Crippen LogP contribution < -0.4 is 21.3 Å². The molecule has 0 radical (unpaired) electrons. The molecule has 0 spiro atoms. The highest BCUT2D eigenvalue weighted by Gasteiger charge is 2.22. The lowest BCUT2D eigenvalue weighted by molar-refractivity contribution is -0.113. The fourth-order valence-electron chi connectivity index (χ4n) is 2.85. The van der Waals surface area contributed by atoms with Gasteiger partial charge in [0.2, 0.25) is 11.8 Å². The molecule has 0 fully saturated rings. The quantitative estimate of drug-likeness (QED) is 0.407. The van der Waals surface area contributed by atoms with E-state index in [1.807, 2.05) is 0 Å². The maximum atomic E-state index is 12.8. The Morgan fingerprint density at radius 2 is 1.85 bits per heavy atom. The van der Waals surface area contributed by atoms with Gasteiger partial charge in [-0.05, 0) is 36.4 Å². The van der Waals surface area contributed by atoms with E-state index in [9.17, 15) is 19.5 Å². The number of carbonyl (C=O) groups excluding carboxylic acids is 1. The predicted molar refractivity (Wildman–Crippen MR) is 130 cm³/mol. The van der Waals surface area contributed by atoms with Gasteiger partial charge in [0.25, 0.3) is 5.56 Å². The SMILES string of the molecule is COc1cccc(NC(=O)CSC(=Nc2ccc(Cl)cc2)c2c(O)n(C)c(=O)n(C)c2=O)c1. The second kappa shape index (κ2) is 10.4. The molecule has 2 N–H and O–H groups in total. The first kappa shape index (κ1) is 24.1. The van der Waals surface area contributed by atoms with Crippen molar-refractivity contribution >= 4 is 45.7 Å². The van der Waals surface area contributed by atoms with E-state index in [2.05, 4.69) is 10.3 Å². The maximum Gasteiger partial charge on any atom is 0.333 e. The Balaban J connectivity index is 1.95. The number of benzene rings is 2. The summed E-state index contributed by atoms with van der Waals surface area (Å²) in [4.78, 5) is 41.9. The summed E-state index contributed by atoms with van der Waals surface area (Å²) in [5.41, 5.74) is -0.618. The van der Waals surface area contributed by atoms with Crippen LogP contribution in [0.5, 0.6) is 11.6 Å². The van der Waals surface area contributed by atoms with Crippen LogP contribution in [0.2, 0.25) is 5.02 Å². The smallest absolute Gasteiger partial charge is 0.333 e. The number of amides is 1. The fraction of sp³-hybridized carbons (Fsp3) is 0.182. The van der Waals surface area contributed by atoms with Crippen LogP contribution in [-0.4, -0.2) is 38.1 Å². The average molecular weight is 489 g/mol. The molecule has 11 heteroatoms. The van der Waals surface area contributed by atoms with Gasteiger partial charge in [-0.1, -0.05) is 29.4 Å². The van der Waals surface area contributed by atoms with Crippen molar-refractivity contribution in [2.75, 3.05) is 18.2 Å². The summed E-state index contributed by atoms with van der Waals surface area (Å²) in [5.74, 6) is -0.437. The molecule has 0 aliphatic rings. The first-order valence-electron chi connectivity index (χ1n) is 9.61. The number of carbonyl (C=O) groups is 1. The summed E-state index contributed by atoms with van der Waals surface area (Å²) >= 11 is 6.88. The van der Waals surface area contributed by atoms with Crippen molar-refractivity contribution < 1.29 is 14.6 Å². The van der Waals surface area contributed by atoms with Crippen LogP contribution in [0.1, 0.15) is 5.56 Å². The molecule has 3 aromatic rings. The summed E-state index contributed by atoms with van der Waals surface area (Å²) in [5, 5.41) is 13.9. The number of halogens is 1. The van der Waals surface area contributed by atoms with Gasteiger partial charge in [-0.25, -0.2) is 9.79 Å². The molecule has 1 heterocycles. The highest BCUT2D eigenvalue weighted by atomic mass is 35.5. The summed E-state index contributed by atoms with van der Waals surface area (Å²) in [7, 11) is 4.16. The highest BCUT2D eigenvalue weighted by Crippen LogP contribution is 2.24. The third kappa shape index (κ3) is 5.65. The lowest BCUT2D eigenvalue weighted by Crippen LogP contribution is -2.39. The molecule has 9 nitrogen and oxygen atoms in total. The Morgan fingerprint density at radius 1 is 1.15 bits per heavy atom. The van der Waals surface area contributed by atoms with Gasteiger partial charge in [0.05, 0.1) is 18.6 Å². The van der Waals surface area contributed by atoms with Crippen LogP contribution in [0.15, 0.2) is 63.1 Å². The number of hydrogen-bond donors (Lipinski definition) is 2. The zero-order chi connectivity index (χ0) is 24.1. The number of thioether (sulfide) groups is 1. The molecule has 0 bridgehead atoms. The van der Waals surface area contributed by atoms with Crippen LogP contribution in [-0.2, 0) is 18.9 Å². The van der Waals surface area contributed by atoms with Crippen molar-refractivity contribution in [3.05, 3.63) is 80.0 Å². The van der Waals surface area contributed by atoms with E-state index in [1.54, 1.807) is 48.5 Å². The standard InChI is InChI=1S/C22H21ClN4O5S/c1-26-20(29)18(21(30)27(2)22(26)31)19(25-14-9-7-13(23)8-10-14)33-12-17(28)24-15-5-4-6-16(11-15)32-3/h4-11,29H,12H2,1-3H3,(H,24,28). The van der Waals surface area contributed by atoms with E-state index in [4.69, 9.17) is 16.3 Å². The Morgan fingerprint density at radius 3 is 2.52 bits per heavy atom. The number of hydrogen-bond acceptors (Lipinski definition) is 7. The molecule has 0 saturated heterocycles. The molecule has 1 amide bonds. The van der Waals surface area contributed by atoms with Gasteiger partial charge < -0.3 is 15.2 Å². The van der Waals surface area contributed by atoms with Gasteiger partial charge in [0, 0.05) is 30.9 Å². The van der Waals surface area contributed by atoms with Crippen LogP contribution in [0.25, 0.3) is 0 Å². The number of aromatic nitrogens is 2. The number of anilines is 1. The van der Waals surface area contributed by atoms with E-state index in [0.29, 0.717) is 22.1 Å². The van der Waals surface area contributed by atoms with Gasteiger partial charge in [-0.2, -0.15) is 0 Å². The second-order valence-corrected chi connectivity index (χ2v) is 8.27. The molecular weight excluding hydrogens is 468 g/mol. The molecule has 2 aromatic carbocycles. The Hall–Kier alpha value is -3.50. The van der Waals surface area contributed by atoms with Crippen molar-refractivity contribution in [1.29, 1.82) is 0 Å². The number of aromatic hydroxyl groups is 1. The van der Waals surface area contributed by atoms with Gasteiger partial charge in [0.1, 0.15) is 16.4 Å². The molecule has 172 valence electrons. The van der Waals surface area contributed by atoms with Gasteiger partial charge in [-0.3, -0.25) is 18.7 Å². The van der Waals surface area contributed by atoms with Crippen LogP contribution in [0.3, 0.4) is 0 Å². The molecule has 0 unspecified atom stereocenters. The fourth-order valence-corrected chi connectivity index (χ4v) is 3.80. The van der Waals surface area contributed by atoms with Crippen LogP contribution in [0, 0.1) is 0 Å². The number of nitrogens with one attached hydrogen (secondary N) is 1. The molecular formula is C22H21ClN4O5S. The van der Waals surface area contributed by atoms with E-state index >= 15 is 0 Å². The van der Waals surface area contributed by atoms with Crippen molar-refractivity contribution in [3.8, 4) is 11.6 Å². The first-order valence-corrected chi connectivity index (χ1v) is 11.0. The van der Waals surface area contributed by atoms with Gasteiger partial charge in [-0.15, -0.1) is 0 Å². The highest BCUT2D eigenvalue weighted by molar-refractivity contribution is 8.15. The summed E-state index contributed by atoms with van der Waals surface area (Å²) in [6.07, 6.45) is 0. The van der Waals surface area contributed by atoms with Gasteiger partial charge in [0.15, 0.2) is 0 Å². The summed E-state index contributed by atoms with van der Waals surface area (Å²) in [6.45, 7) is 0. The van der Waals surface area contributed by atoms with E-state index < -0.39 is 17.1 Å². The average Bonchev–Trinajstić information content (AvgIpc) is 2.81. The van der Waals surface area contributed by atoms with E-state index in [-0.39, 0.29) is 22.3 Å². The normalized spacial score (nSPS) is 11.3. The van der Waals surface area contributed by atoms with E-state index in [0.717, 1.165) is 20.9 Å². The van der Waals surface area contributed by atoms with Crippen molar-refractivity contribution in [2.24, 2.45) is 19.1 Å². The number of ether oxygens (including phenoxy) is 1. The lowest BCUT2D eigenvalue weighted by Gasteiger charge is -2.13. The number of aliphatic imine (C=N–C) groups is 1. The Kier molecular flexibility index (Phi) is 7.62. The minimum atomic E-state index is -0.732. The monoisotopic (exact) mass is 488 g/mol. The zero-order valence-corrected chi connectivity index (χ0v) is 19.6. The topological polar surface area (TPSA) is 115 Å². The number of methoxy groups -OCH3 is 1. The summed E-state index contributed by atoms with van der Waals surface area (Å²) < 4.78 is 6.95. The maximum absolute atomic E-state index is 12.8. The molecule has 0 aliphatic carbocycles. The predicted octanol–water partition coefficient (Wildman–Crippen LogP) is 2.90. The van der Waals surface area contributed by atoms with Crippen LogP contribution >= 0.6 is 23.4 Å². The molecule has 0 aliphatic heterocycles. The zero-order valence-electron chi connectivity index (χ0n) is 18.0. The molecule has 0 saturated carbocycles.